The zero-order valence-electron chi connectivity index (χ0n) is 10.7. The number of furan rings is 1. The van der Waals surface area contributed by atoms with E-state index in [4.69, 9.17) is 4.42 Å². The number of aryl methyl sites for hydroxylation is 2. The Hall–Kier alpha value is -1.30. The van der Waals surface area contributed by atoms with Crippen molar-refractivity contribution in [2.45, 2.75) is 32.7 Å². The molecule has 1 amide bonds. The largest absolute Gasteiger partial charge is 0.466 e. The number of carbonyl (C=O) groups is 1. The van der Waals surface area contributed by atoms with Gasteiger partial charge in [-0.05, 0) is 33.3 Å². The molecule has 1 aliphatic rings. The Morgan fingerprint density at radius 2 is 2.11 bits per heavy atom. The summed E-state index contributed by atoms with van der Waals surface area (Å²) in [4.78, 5) is 12.1. The van der Waals surface area contributed by atoms with Crippen molar-refractivity contribution in [3.05, 3.63) is 23.2 Å². The highest BCUT2D eigenvalue weighted by Crippen LogP contribution is 2.24. The molecule has 2 rings (SSSR count). The van der Waals surface area contributed by atoms with Gasteiger partial charge in [0.2, 0.25) is 0 Å². The molecule has 1 N–H and O–H groups in total. The van der Waals surface area contributed by atoms with Gasteiger partial charge in [0.15, 0.2) is 9.84 Å². The third kappa shape index (κ3) is 2.58. The van der Waals surface area contributed by atoms with Gasteiger partial charge in [0.25, 0.3) is 5.91 Å². The van der Waals surface area contributed by atoms with Crippen LogP contribution >= 0.6 is 0 Å². The van der Waals surface area contributed by atoms with Crippen molar-refractivity contribution in [1.82, 2.24) is 5.32 Å². The lowest BCUT2D eigenvalue weighted by molar-refractivity contribution is 0.0914. The molecule has 0 radical (unpaired) electrons. The molecule has 0 aliphatic carbocycles. The molecule has 0 bridgehead atoms. The lowest BCUT2D eigenvalue weighted by Crippen LogP contribution is -2.47. The molecule has 6 heteroatoms. The Bertz CT molecular complexity index is 587. The molecule has 0 unspecified atom stereocenters. The van der Waals surface area contributed by atoms with Gasteiger partial charge in [0.05, 0.1) is 22.6 Å². The molecule has 1 aromatic heterocycles. The second kappa shape index (κ2) is 4.12. The quantitative estimate of drug-likeness (QED) is 0.877. The minimum absolute atomic E-state index is 0.00161. The summed E-state index contributed by atoms with van der Waals surface area (Å²) in [7, 11) is -3.02. The summed E-state index contributed by atoms with van der Waals surface area (Å²) in [5, 5.41) is 2.80. The molecule has 0 aromatic carbocycles. The van der Waals surface area contributed by atoms with E-state index in [1.165, 1.54) is 0 Å². The van der Waals surface area contributed by atoms with Crippen LogP contribution in [0.1, 0.15) is 35.2 Å². The Balaban J connectivity index is 2.16. The van der Waals surface area contributed by atoms with Crippen LogP contribution in [0.5, 0.6) is 0 Å². The first kappa shape index (κ1) is 13.1. The molecule has 5 nitrogen and oxygen atoms in total. The van der Waals surface area contributed by atoms with Gasteiger partial charge < -0.3 is 9.73 Å². The second-order valence-electron chi connectivity index (χ2n) is 5.18. The smallest absolute Gasteiger partial charge is 0.255 e. The van der Waals surface area contributed by atoms with Crippen molar-refractivity contribution in [1.29, 1.82) is 0 Å². The van der Waals surface area contributed by atoms with Crippen molar-refractivity contribution in [2.24, 2.45) is 0 Å². The van der Waals surface area contributed by atoms with Gasteiger partial charge in [0.1, 0.15) is 11.5 Å². The van der Waals surface area contributed by atoms with E-state index in [9.17, 15) is 13.2 Å². The summed E-state index contributed by atoms with van der Waals surface area (Å²) in [6.07, 6.45) is 0.455. The highest BCUT2D eigenvalue weighted by Gasteiger charge is 2.39. The fourth-order valence-corrected chi connectivity index (χ4v) is 4.40. The highest BCUT2D eigenvalue weighted by molar-refractivity contribution is 7.91. The monoisotopic (exact) mass is 271 g/mol. The predicted octanol–water partition coefficient (Wildman–Crippen LogP) is 1.20. The van der Waals surface area contributed by atoms with E-state index in [0.29, 0.717) is 23.5 Å². The van der Waals surface area contributed by atoms with E-state index >= 15 is 0 Å². The van der Waals surface area contributed by atoms with Crippen LogP contribution in [-0.4, -0.2) is 31.4 Å². The van der Waals surface area contributed by atoms with Gasteiger partial charge in [-0.2, -0.15) is 0 Å². The van der Waals surface area contributed by atoms with E-state index in [1.807, 2.05) is 0 Å². The number of carbonyl (C=O) groups excluding carboxylic acids is 1. The standard InChI is InChI=1S/C12H17NO4S/c1-8-6-10(9(2)17-8)11(14)13-12(3)4-5-18(15,16)7-12/h6H,4-5,7H2,1-3H3,(H,13,14)/t12-/m0/s1. The number of hydrogen-bond donors (Lipinski definition) is 1. The van der Waals surface area contributed by atoms with Crippen LogP contribution in [0.4, 0.5) is 0 Å². The summed E-state index contributed by atoms with van der Waals surface area (Å²) in [6, 6.07) is 1.66. The summed E-state index contributed by atoms with van der Waals surface area (Å²) in [5.74, 6) is 1.08. The van der Waals surface area contributed by atoms with Crippen LogP contribution in [0, 0.1) is 13.8 Å². The van der Waals surface area contributed by atoms with Gasteiger partial charge in [-0.25, -0.2) is 8.42 Å². The van der Waals surface area contributed by atoms with Gasteiger partial charge in [-0.15, -0.1) is 0 Å². The molecular weight excluding hydrogens is 254 g/mol. The molecule has 1 aliphatic heterocycles. The first-order valence-corrected chi connectivity index (χ1v) is 7.63. The minimum atomic E-state index is -3.02. The maximum absolute atomic E-state index is 12.1. The zero-order chi connectivity index (χ0) is 13.6. The molecule has 2 heterocycles. The van der Waals surface area contributed by atoms with Crippen LogP contribution in [0.3, 0.4) is 0 Å². The topological polar surface area (TPSA) is 76.4 Å². The molecule has 0 spiro atoms. The van der Waals surface area contributed by atoms with Crippen molar-refractivity contribution in [2.75, 3.05) is 11.5 Å². The molecule has 0 saturated carbocycles. The maximum atomic E-state index is 12.1. The molecule has 1 fully saturated rings. The first-order chi connectivity index (χ1) is 8.21. The van der Waals surface area contributed by atoms with Crippen molar-refractivity contribution >= 4 is 15.7 Å². The summed E-state index contributed by atoms with van der Waals surface area (Å²) in [5.41, 5.74) is -0.203. The lowest BCUT2D eigenvalue weighted by atomic mass is 10.0. The van der Waals surface area contributed by atoms with E-state index in [-0.39, 0.29) is 17.4 Å². The van der Waals surface area contributed by atoms with Crippen molar-refractivity contribution in [3.63, 3.8) is 0 Å². The second-order valence-corrected chi connectivity index (χ2v) is 7.37. The number of sulfone groups is 1. The lowest BCUT2D eigenvalue weighted by Gasteiger charge is -2.23. The molecule has 1 atom stereocenters. The van der Waals surface area contributed by atoms with Crippen LogP contribution in [0.15, 0.2) is 10.5 Å². The Morgan fingerprint density at radius 1 is 1.44 bits per heavy atom. The SMILES string of the molecule is Cc1cc(C(=O)N[C@@]2(C)CCS(=O)(=O)C2)c(C)o1. The fraction of sp³-hybridized carbons (Fsp3) is 0.583. The van der Waals surface area contributed by atoms with Crippen LogP contribution in [-0.2, 0) is 9.84 Å². The predicted molar refractivity (Wildman–Crippen MR) is 67.3 cm³/mol. The fourth-order valence-electron chi connectivity index (χ4n) is 2.31. The summed E-state index contributed by atoms with van der Waals surface area (Å²) < 4.78 is 28.2. The van der Waals surface area contributed by atoms with Crippen LogP contribution in [0.2, 0.25) is 0 Å². The average molecular weight is 271 g/mol. The molecule has 100 valence electrons. The average Bonchev–Trinajstić information content (AvgIpc) is 2.67. The first-order valence-electron chi connectivity index (χ1n) is 5.81. The van der Waals surface area contributed by atoms with Gasteiger partial charge in [0, 0.05) is 0 Å². The highest BCUT2D eigenvalue weighted by atomic mass is 32.2. The van der Waals surface area contributed by atoms with Gasteiger partial charge >= 0.3 is 0 Å². The third-order valence-electron chi connectivity index (χ3n) is 3.20. The Labute approximate surface area is 106 Å². The van der Waals surface area contributed by atoms with E-state index in [0.717, 1.165) is 0 Å². The maximum Gasteiger partial charge on any atom is 0.255 e. The normalized spacial score (nSPS) is 26.2. The summed E-state index contributed by atoms with van der Waals surface area (Å²) in [6.45, 7) is 5.25. The molecule has 1 aromatic rings. The van der Waals surface area contributed by atoms with E-state index in [2.05, 4.69) is 5.32 Å². The number of rotatable bonds is 2. The molecule has 18 heavy (non-hydrogen) atoms. The van der Waals surface area contributed by atoms with Crippen molar-refractivity contribution < 1.29 is 17.6 Å². The summed E-state index contributed by atoms with van der Waals surface area (Å²) >= 11 is 0. The van der Waals surface area contributed by atoms with E-state index < -0.39 is 15.4 Å². The Morgan fingerprint density at radius 3 is 2.56 bits per heavy atom. The van der Waals surface area contributed by atoms with Crippen LogP contribution in [0.25, 0.3) is 0 Å². The van der Waals surface area contributed by atoms with Crippen LogP contribution < -0.4 is 5.32 Å². The Kier molecular flexibility index (Phi) is 3.01. The van der Waals surface area contributed by atoms with Gasteiger partial charge in [-0.1, -0.05) is 0 Å². The minimum Gasteiger partial charge on any atom is -0.466 e. The molecular formula is C12H17NO4S. The number of hydrogen-bond acceptors (Lipinski definition) is 4. The number of nitrogens with one attached hydrogen (secondary N) is 1. The number of amides is 1. The molecule has 1 saturated heterocycles. The van der Waals surface area contributed by atoms with Crippen molar-refractivity contribution in [3.8, 4) is 0 Å². The van der Waals surface area contributed by atoms with Gasteiger partial charge in [-0.3, -0.25) is 4.79 Å². The van der Waals surface area contributed by atoms with E-state index in [1.54, 1.807) is 26.8 Å². The third-order valence-corrected chi connectivity index (χ3v) is 5.11. The zero-order valence-corrected chi connectivity index (χ0v) is 11.6.